The average molecular weight is 529 g/mol. The van der Waals surface area contributed by atoms with Crippen molar-refractivity contribution in [2.75, 3.05) is 16.8 Å². The number of hydrogen-bond acceptors (Lipinski definition) is 6. The minimum atomic E-state index is -0.450. The van der Waals surface area contributed by atoms with E-state index in [0.717, 1.165) is 29.8 Å². The van der Waals surface area contributed by atoms with Crippen molar-refractivity contribution in [1.29, 1.82) is 5.26 Å². The zero-order chi connectivity index (χ0) is 27.5. The molecule has 10 heteroatoms. The molecule has 0 radical (unpaired) electrons. The Balaban J connectivity index is 1.14. The standard InChI is InChI=1S/C30H24N8O2/c31-17-23-2-1-3-24(16-23)34-29(39)27-19-33-38-13-12-37(30(40)28(27)38)26-10-8-21(9-11-26)14-20-4-6-22(7-5-20)15-25-18-32-36-35-25/h1-11,16,18-19H,12-15H2,(H,34,39)(H,32,35,36). The van der Waals surface area contributed by atoms with Gasteiger partial charge in [0.05, 0.1) is 41.8 Å². The third kappa shape index (κ3) is 5.08. The van der Waals surface area contributed by atoms with Crippen LogP contribution >= 0.6 is 0 Å². The number of nitriles is 1. The zero-order valence-electron chi connectivity index (χ0n) is 21.4. The summed E-state index contributed by atoms with van der Waals surface area (Å²) in [6.45, 7) is 0.922. The Hall–Kier alpha value is -5.56. The van der Waals surface area contributed by atoms with Gasteiger partial charge in [0.15, 0.2) is 0 Å². The summed E-state index contributed by atoms with van der Waals surface area (Å²) in [5, 5.41) is 26.7. The summed E-state index contributed by atoms with van der Waals surface area (Å²) in [6.07, 6.45) is 4.64. The van der Waals surface area contributed by atoms with Crippen molar-refractivity contribution in [1.82, 2.24) is 25.2 Å². The molecular weight excluding hydrogens is 504 g/mol. The van der Waals surface area contributed by atoms with Gasteiger partial charge in [-0.25, -0.2) is 0 Å². The van der Waals surface area contributed by atoms with Crippen LogP contribution in [0.1, 0.15) is 48.8 Å². The van der Waals surface area contributed by atoms with Gasteiger partial charge in [0.2, 0.25) is 0 Å². The van der Waals surface area contributed by atoms with Gasteiger partial charge in [-0.3, -0.25) is 14.3 Å². The Morgan fingerprint density at radius 3 is 2.38 bits per heavy atom. The van der Waals surface area contributed by atoms with Gasteiger partial charge in [-0.05, 0) is 53.4 Å². The molecule has 0 atom stereocenters. The summed E-state index contributed by atoms with van der Waals surface area (Å²) in [5.41, 5.74) is 6.49. The summed E-state index contributed by atoms with van der Waals surface area (Å²) in [7, 11) is 0. The van der Waals surface area contributed by atoms with Crippen LogP contribution in [0.2, 0.25) is 0 Å². The highest BCUT2D eigenvalue weighted by atomic mass is 16.2. The normalized spacial score (nSPS) is 12.6. The number of rotatable bonds is 7. The number of hydrogen-bond donors (Lipinski definition) is 2. The first-order valence-electron chi connectivity index (χ1n) is 12.8. The summed E-state index contributed by atoms with van der Waals surface area (Å²) in [5.74, 6) is -0.732. The third-order valence-electron chi connectivity index (χ3n) is 6.85. The maximum atomic E-state index is 13.5. The average Bonchev–Trinajstić information content (AvgIpc) is 3.66. The lowest BCUT2D eigenvalue weighted by molar-refractivity contribution is 0.0947. The zero-order valence-corrected chi connectivity index (χ0v) is 21.4. The second-order valence-electron chi connectivity index (χ2n) is 9.53. The van der Waals surface area contributed by atoms with E-state index >= 15 is 0 Å². The van der Waals surface area contributed by atoms with Gasteiger partial charge < -0.3 is 10.2 Å². The van der Waals surface area contributed by atoms with E-state index in [1.54, 1.807) is 40.0 Å². The van der Waals surface area contributed by atoms with Crippen molar-refractivity contribution in [2.24, 2.45) is 0 Å². The number of benzene rings is 3. The molecule has 3 heterocycles. The number of nitrogens with zero attached hydrogens (tertiary/aromatic N) is 6. The summed E-state index contributed by atoms with van der Waals surface area (Å²) < 4.78 is 1.57. The lowest BCUT2D eigenvalue weighted by Crippen LogP contribution is -2.41. The minimum Gasteiger partial charge on any atom is -0.322 e. The molecule has 2 amide bonds. The number of aromatic amines is 1. The van der Waals surface area contributed by atoms with E-state index in [1.807, 2.05) is 30.3 Å². The molecule has 0 saturated carbocycles. The smallest absolute Gasteiger partial charge is 0.277 e. The Labute approximate surface area is 229 Å². The Bertz CT molecular complexity index is 1720. The first-order chi connectivity index (χ1) is 19.6. The van der Waals surface area contributed by atoms with Crippen molar-refractivity contribution in [3.8, 4) is 6.07 Å². The van der Waals surface area contributed by atoms with Crippen LogP contribution in [0.5, 0.6) is 0 Å². The van der Waals surface area contributed by atoms with Crippen LogP contribution in [-0.2, 0) is 19.4 Å². The number of nitrogens with one attached hydrogen (secondary N) is 2. The van der Waals surface area contributed by atoms with Gasteiger partial charge in [0.25, 0.3) is 11.8 Å². The molecule has 196 valence electrons. The van der Waals surface area contributed by atoms with E-state index in [9.17, 15) is 9.59 Å². The molecule has 1 aliphatic heterocycles. The number of amides is 2. The molecule has 0 saturated heterocycles. The van der Waals surface area contributed by atoms with E-state index in [-0.39, 0.29) is 17.2 Å². The molecule has 40 heavy (non-hydrogen) atoms. The van der Waals surface area contributed by atoms with Crippen molar-refractivity contribution >= 4 is 23.2 Å². The Morgan fingerprint density at radius 1 is 0.950 bits per heavy atom. The number of aromatic nitrogens is 5. The molecule has 0 unspecified atom stereocenters. The first kappa shape index (κ1) is 24.8. The lowest BCUT2D eigenvalue weighted by atomic mass is 10.0. The monoisotopic (exact) mass is 528 g/mol. The summed E-state index contributed by atoms with van der Waals surface area (Å²) in [6, 6.07) is 25.0. The Kier molecular flexibility index (Phi) is 6.60. The maximum absolute atomic E-state index is 13.5. The second kappa shape index (κ2) is 10.7. The van der Waals surface area contributed by atoms with E-state index in [1.165, 1.54) is 17.3 Å². The molecule has 2 N–H and O–H groups in total. The summed E-state index contributed by atoms with van der Waals surface area (Å²) >= 11 is 0. The molecular formula is C30H24N8O2. The fourth-order valence-electron chi connectivity index (χ4n) is 4.81. The van der Waals surface area contributed by atoms with Crippen LogP contribution in [0, 0.1) is 11.3 Å². The molecule has 1 aliphatic rings. The number of fused-ring (bicyclic) bond motifs is 1. The van der Waals surface area contributed by atoms with Crippen molar-refractivity contribution in [2.45, 2.75) is 19.4 Å². The Morgan fingerprint density at radius 2 is 1.68 bits per heavy atom. The van der Waals surface area contributed by atoms with Gasteiger partial charge in [0, 0.05) is 24.3 Å². The van der Waals surface area contributed by atoms with Gasteiger partial charge >= 0.3 is 0 Å². The van der Waals surface area contributed by atoms with Crippen LogP contribution in [0.25, 0.3) is 0 Å². The third-order valence-corrected chi connectivity index (χ3v) is 6.85. The van der Waals surface area contributed by atoms with E-state index < -0.39 is 5.91 Å². The molecule has 0 fully saturated rings. The largest absolute Gasteiger partial charge is 0.322 e. The fourth-order valence-corrected chi connectivity index (χ4v) is 4.81. The van der Waals surface area contributed by atoms with Gasteiger partial charge in [-0.1, -0.05) is 42.5 Å². The molecule has 0 spiro atoms. The number of carbonyl (C=O) groups excluding carboxylic acids is 2. The van der Waals surface area contributed by atoms with E-state index in [4.69, 9.17) is 5.26 Å². The van der Waals surface area contributed by atoms with Crippen molar-refractivity contribution < 1.29 is 9.59 Å². The lowest BCUT2D eigenvalue weighted by Gasteiger charge is -2.28. The first-order valence-corrected chi connectivity index (χ1v) is 12.8. The number of anilines is 2. The maximum Gasteiger partial charge on any atom is 0.277 e. The fraction of sp³-hybridized carbons (Fsp3) is 0.133. The molecule has 10 nitrogen and oxygen atoms in total. The summed E-state index contributed by atoms with van der Waals surface area (Å²) in [4.78, 5) is 28.2. The van der Waals surface area contributed by atoms with Crippen LogP contribution in [-0.4, -0.2) is 43.6 Å². The minimum absolute atomic E-state index is 0.195. The molecule has 6 rings (SSSR count). The van der Waals surface area contributed by atoms with Crippen LogP contribution in [0.15, 0.2) is 85.2 Å². The number of H-pyrrole nitrogens is 1. The molecule has 3 aromatic carbocycles. The molecule has 2 aromatic heterocycles. The van der Waals surface area contributed by atoms with E-state index in [2.05, 4.69) is 50.1 Å². The van der Waals surface area contributed by atoms with Crippen molar-refractivity contribution in [3.05, 3.63) is 124 Å². The van der Waals surface area contributed by atoms with Gasteiger partial charge in [0.1, 0.15) is 5.69 Å². The predicted molar refractivity (Wildman–Crippen MR) is 148 cm³/mol. The highest BCUT2D eigenvalue weighted by Gasteiger charge is 2.32. The van der Waals surface area contributed by atoms with Gasteiger partial charge in [-0.15, -0.1) is 0 Å². The molecule has 0 aliphatic carbocycles. The van der Waals surface area contributed by atoms with Gasteiger partial charge in [-0.2, -0.15) is 25.8 Å². The highest BCUT2D eigenvalue weighted by Crippen LogP contribution is 2.25. The highest BCUT2D eigenvalue weighted by molar-refractivity contribution is 6.15. The number of carbonyl (C=O) groups is 2. The SMILES string of the molecule is N#Cc1cccc(NC(=O)c2cnn3c2C(=O)N(c2ccc(Cc4ccc(Cc5cn[nH]n5)cc4)cc2)CC3)c1. The van der Waals surface area contributed by atoms with Crippen LogP contribution in [0.4, 0.5) is 11.4 Å². The molecule has 5 aromatic rings. The second-order valence-corrected chi connectivity index (χ2v) is 9.53. The van der Waals surface area contributed by atoms with E-state index in [0.29, 0.717) is 24.3 Å². The molecule has 0 bridgehead atoms. The van der Waals surface area contributed by atoms with Crippen molar-refractivity contribution in [3.63, 3.8) is 0 Å². The van der Waals surface area contributed by atoms with Crippen LogP contribution in [0.3, 0.4) is 0 Å². The quantitative estimate of drug-likeness (QED) is 0.329. The predicted octanol–water partition coefficient (Wildman–Crippen LogP) is 3.97. The topological polar surface area (TPSA) is 133 Å². The van der Waals surface area contributed by atoms with Crippen LogP contribution < -0.4 is 10.2 Å².